The number of amides is 1. The predicted molar refractivity (Wildman–Crippen MR) is 67.0 cm³/mol. The van der Waals surface area contributed by atoms with Crippen LogP contribution >= 0.6 is 0 Å². The first-order valence-corrected chi connectivity index (χ1v) is 6.25. The van der Waals surface area contributed by atoms with Crippen molar-refractivity contribution in [3.63, 3.8) is 0 Å². The molecular weight excluding hydrogens is 249 g/mol. The number of likely N-dealkylation sites (tertiary alicyclic amines) is 1. The van der Waals surface area contributed by atoms with Crippen LogP contribution in [0.15, 0.2) is 24.3 Å². The molecule has 19 heavy (non-hydrogen) atoms. The van der Waals surface area contributed by atoms with Gasteiger partial charge in [0.15, 0.2) is 0 Å². The van der Waals surface area contributed by atoms with Crippen LogP contribution in [0.5, 0.6) is 0 Å². The van der Waals surface area contributed by atoms with Crippen LogP contribution in [0.1, 0.15) is 18.9 Å². The number of rotatable bonds is 3. The van der Waals surface area contributed by atoms with Crippen molar-refractivity contribution in [2.24, 2.45) is 5.92 Å². The average Bonchev–Trinajstić information content (AvgIpc) is 2.74. The number of hydrogen-bond donors (Lipinski definition) is 1. The molecule has 0 spiro atoms. The van der Waals surface area contributed by atoms with Gasteiger partial charge in [0.1, 0.15) is 11.9 Å². The third kappa shape index (κ3) is 2.92. The molecule has 0 bridgehead atoms. The van der Waals surface area contributed by atoms with E-state index in [0.29, 0.717) is 18.5 Å². The zero-order valence-electron chi connectivity index (χ0n) is 10.7. The molecule has 1 heterocycles. The van der Waals surface area contributed by atoms with E-state index in [4.69, 9.17) is 5.11 Å². The van der Waals surface area contributed by atoms with E-state index in [1.165, 1.54) is 17.0 Å². The second kappa shape index (κ2) is 5.38. The molecule has 1 amide bonds. The van der Waals surface area contributed by atoms with Crippen LogP contribution in [-0.2, 0) is 16.0 Å². The van der Waals surface area contributed by atoms with Crippen LogP contribution in [0.2, 0.25) is 0 Å². The average molecular weight is 265 g/mol. The third-order valence-electron chi connectivity index (χ3n) is 3.54. The van der Waals surface area contributed by atoms with Gasteiger partial charge in [0.25, 0.3) is 0 Å². The Morgan fingerprint density at radius 2 is 2.00 bits per heavy atom. The number of aliphatic carboxylic acids is 1. The molecule has 2 unspecified atom stereocenters. The molecular formula is C14H16FNO3. The Balaban J connectivity index is 2.07. The summed E-state index contributed by atoms with van der Waals surface area (Å²) in [7, 11) is 0. The van der Waals surface area contributed by atoms with Crippen LogP contribution in [-0.4, -0.2) is 34.5 Å². The van der Waals surface area contributed by atoms with Gasteiger partial charge in [-0.25, -0.2) is 9.18 Å². The lowest BCUT2D eigenvalue weighted by atomic mass is 10.0. The maximum absolute atomic E-state index is 12.8. The minimum Gasteiger partial charge on any atom is -0.480 e. The monoisotopic (exact) mass is 265 g/mol. The van der Waals surface area contributed by atoms with Gasteiger partial charge in [-0.3, -0.25) is 4.79 Å². The largest absolute Gasteiger partial charge is 0.480 e. The van der Waals surface area contributed by atoms with E-state index in [2.05, 4.69) is 0 Å². The van der Waals surface area contributed by atoms with Crippen molar-refractivity contribution in [2.45, 2.75) is 25.8 Å². The van der Waals surface area contributed by atoms with Gasteiger partial charge in [-0.15, -0.1) is 0 Å². The lowest BCUT2D eigenvalue weighted by molar-refractivity contribution is -0.149. The van der Waals surface area contributed by atoms with Gasteiger partial charge in [-0.2, -0.15) is 0 Å². The summed E-state index contributed by atoms with van der Waals surface area (Å²) in [6, 6.07) is 4.94. The fraction of sp³-hybridized carbons (Fsp3) is 0.429. The molecule has 1 fully saturated rings. The minimum atomic E-state index is -0.961. The summed E-state index contributed by atoms with van der Waals surface area (Å²) < 4.78 is 12.8. The first kappa shape index (κ1) is 13.5. The van der Waals surface area contributed by atoms with E-state index in [9.17, 15) is 14.0 Å². The van der Waals surface area contributed by atoms with E-state index in [1.807, 2.05) is 6.92 Å². The second-order valence-electron chi connectivity index (χ2n) is 4.94. The molecule has 1 aromatic rings. The predicted octanol–water partition coefficient (Wildman–Crippen LogP) is 1.69. The molecule has 2 atom stereocenters. The first-order valence-electron chi connectivity index (χ1n) is 6.25. The Labute approximate surface area is 110 Å². The molecule has 0 aromatic heterocycles. The van der Waals surface area contributed by atoms with Crippen molar-refractivity contribution in [3.8, 4) is 0 Å². The van der Waals surface area contributed by atoms with Crippen molar-refractivity contribution in [3.05, 3.63) is 35.6 Å². The number of carboxylic acid groups (broad SMARTS) is 1. The van der Waals surface area contributed by atoms with Crippen molar-refractivity contribution < 1.29 is 19.1 Å². The van der Waals surface area contributed by atoms with Crippen LogP contribution in [0.25, 0.3) is 0 Å². The molecule has 1 aliphatic rings. The van der Waals surface area contributed by atoms with Gasteiger partial charge in [0.05, 0.1) is 6.42 Å². The fourth-order valence-electron chi connectivity index (χ4n) is 2.48. The summed E-state index contributed by atoms with van der Waals surface area (Å²) in [6.07, 6.45) is 0.808. The van der Waals surface area contributed by atoms with Gasteiger partial charge in [-0.05, 0) is 30.0 Å². The Morgan fingerprint density at radius 1 is 1.37 bits per heavy atom. The zero-order chi connectivity index (χ0) is 14.0. The molecule has 0 aliphatic carbocycles. The maximum Gasteiger partial charge on any atom is 0.326 e. The summed E-state index contributed by atoms with van der Waals surface area (Å²) >= 11 is 0. The lowest BCUT2D eigenvalue weighted by Crippen LogP contribution is -2.43. The number of hydrogen-bond acceptors (Lipinski definition) is 2. The number of benzene rings is 1. The third-order valence-corrected chi connectivity index (χ3v) is 3.54. The van der Waals surface area contributed by atoms with Gasteiger partial charge >= 0.3 is 5.97 Å². The van der Waals surface area contributed by atoms with Crippen molar-refractivity contribution in [1.82, 2.24) is 4.90 Å². The van der Waals surface area contributed by atoms with E-state index in [1.54, 1.807) is 12.1 Å². The number of nitrogens with zero attached hydrogens (tertiary/aromatic N) is 1. The number of carboxylic acids is 1. The van der Waals surface area contributed by atoms with E-state index in [-0.39, 0.29) is 24.1 Å². The Morgan fingerprint density at radius 3 is 2.58 bits per heavy atom. The fourth-order valence-corrected chi connectivity index (χ4v) is 2.48. The molecule has 1 aliphatic heterocycles. The molecule has 4 nitrogen and oxygen atoms in total. The zero-order valence-corrected chi connectivity index (χ0v) is 10.7. The summed E-state index contributed by atoms with van der Waals surface area (Å²) in [6.45, 7) is 2.31. The molecule has 102 valence electrons. The SMILES string of the molecule is CC1CCN(C(=O)Cc2ccc(F)cc2)C1C(=O)O. The van der Waals surface area contributed by atoms with Crippen LogP contribution < -0.4 is 0 Å². The van der Waals surface area contributed by atoms with Crippen molar-refractivity contribution in [1.29, 1.82) is 0 Å². The highest BCUT2D eigenvalue weighted by Crippen LogP contribution is 2.24. The highest BCUT2D eigenvalue weighted by atomic mass is 19.1. The van der Waals surface area contributed by atoms with Crippen LogP contribution in [0, 0.1) is 11.7 Å². The quantitative estimate of drug-likeness (QED) is 0.904. The van der Waals surface area contributed by atoms with E-state index in [0.717, 1.165) is 0 Å². The smallest absolute Gasteiger partial charge is 0.326 e. The molecule has 1 saturated heterocycles. The van der Waals surface area contributed by atoms with Gasteiger partial charge in [0, 0.05) is 6.54 Å². The topological polar surface area (TPSA) is 57.6 Å². The van der Waals surface area contributed by atoms with E-state index >= 15 is 0 Å². The minimum absolute atomic E-state index is 0.0327. The normalized spacial score (nSPS) is 22.5. The van der Waals surface area contributed by atoms with Gasteiger partial charge < -0.3 is 10.0 Å². The molecule has 1 aromatic carbocycles. The van der Waals surface area contributed by atoms with Gasteiger partial charge in [-0.1, -0.05) is 19.1 Å². The Hall–Kier alpha value is -1.91. The van der Waals surface area contributed by atoms with Gasteiger partial charge in [0.2, 0.25) is 5.91 Å². The Bertz CT molecular complexity index is 486. The molecule has 0 radical (unpaired) electrons. The summed E-state index contributed by atoms with van der Waals surface area (Å²) in [5.74, 6) is -1.56. The number of halogens is 1. The Kier molecular flexibility index (Phi) is 3.83. The number of carbonyl (C=O) groups is 2. The van der Waals surface area contributed by atoms with E-state index < -0.39 is 12.0 Å². The number of carbonyl (C=O) groups excluding carboxylic acids is 1. The van der Waals surface area contributed by atoms with Crippen molar-refractivity contribution in [2.75, 3.05) is 6.54 Å². The van der Waals surface area contributed by atoms with Crippen LogP contribution in [0.3, 0.4) is 0 Å². The molecule has 5 heteroatoms. The standard InChI is InChI=1S/C14H16FNO3/c1-9-6-7-16(13(9)14(18)19)12(17)8-10-2-4-11(15)5-3-10/h2-5,9,13H,6-8H2,1H3,(H,18,19). The summed E-state index contributed by atoms with van der Waals surface area (Å²) in [5, 5.41) is 9.16. The lowest BCUT2D eigenvalue weighted by Gasteiger charge is -2.23. The summed E-state index contributed by atoms with van der Waals surface area (Å²) in [5.41, 5.74) is 0.690. The first-order chi connectivity index (χ1) is 8.99. The second-order valence-corrected chi connectivity index (χ2v) is 4.94. The molecule has 2 rings (SSSR count). The maximum atomic E-state index is 12.8. The summed E-state index contributed by atoms with van der Waals surface area (Å²) in [4.78, 5) is 24.7. The highest BCUT2D eigenvalue weighted by molar-refractivity contribution is 5.85. The van der Waals surface area contributed by atoms with Crippen LogP contribution in [0.4, 0.5) is 4.39 Å². The molecule has 0 saturated carbocycles. The molecule has 1 N–H and O–H groups in total. The van der Waals surface area contributed by atoms with Crippen molar-refractivity contribution >= 4 is 11.9 Å². The highest BCUT2D eigenvalue weighted by Gasteiger charge is 2.39.